The molecule has 26 heavy (non-hydrogen) atoms. The van der Waals surface area contributed by atoms with Gasteiger partial charge in [0.25, 0.3) is 5.69 Å². The first-order chi connectivity index (χ1) is 12.3. The molecule has 7 nitrogen and oxygen atoms in total. The highest BCUT2D eigenvalue weighted by molar-refractivity contribution is 6.02. The van der Waals surface area contributed by atoms with E-state index in [1.54, 1.807) is 50.2 Å². The molecule has 1 amide bonds. The van der Waals surface area contributed by atoms with E-state index in [1.807, 2.05) is 0 Å². The lowest BCUT2D eigenvalue weighted by Gasteiger charge is -2.08. The topological polar surface area (TPSA) is 98.5 Å². The van der Waals surface area contributed by atoms with Crippen LogP contribution in [0.3, 0.4) is 0 Å². The SMILES string of the molecule is CC(C)OC(=O)c1ccc(NC(=O)/C=C/c2cccc([N+](=O)[O-])c2)cc1. The zero-order chi connectivity index (χ0) is 19.1. The molecule has 0 unspecified atom stereocenters. The van der Waals surface area contributed by atoms with Gasteiger partial charge in [0, 0.05) is 23.9 Å². The summed E-state index contributed by atoms with van der Waals surface area (Å²) in [6.07, 6.45) is 2.55. The number of ether oxygens (including phenoxy) is 1. The third kappa shape index (κ3) is 5.55. The van der Waals surface area contributed by atoms with Crippen molar-refractivity contribution >= 4 is 29.3 Å². The molecule has 0 fully saturated rings. The molecule has 2 aromatic rings. The van der Waals surface area contributed by atoms with Gasteiger partial charge in [0.15, 0.2) is 0 Å². The minimum Gasteiger partial charge on any atom is -0.459 e. The minimum atomic E-state index is -0.497. The van der Waals surface area contributed by atoms with Gasteiger partial charge >= 0.3 is 5.97 Å². The molecule has 0 aliphatic heterocycles. The molecule has 134 valence electrons. The second kappa shape index (κ2) is 8.57. The molecular weight excluding hydrogens is 336 g/mol. The van der Waals surface area contributed by atoms with Crippen LogP contribution in [0, 0.1) is 10.1 Å². The maximum absolute atomic E-state index is 11.9. The first kappa shape index (κ1) is 18.9. The van der Waals surface area contributed by atoms with Crippen LogP contribution >= 0.6 is 0 Å². The summed E-state index contributed by atoms with van der Waals surface area (Å²) in [4.78, 5) is 33.9. The number of nitro groups is 1. The fourth-order valence-electron chi connectivity index (χ4n) is 2.07. The summed E-state index contributed by atoms with van der Waals surface area (Å²) in [5.41, 5.74) is 1.40. The van der Waals surface area contributed by atoms with Crippen molar-refractivity contribution in [1.29, 1.82) is 0 Å². The van der Waals surface area contributed by atoms with Crippen molar-refractivity contribution in [3.8, 4) is 0 Å². The maximum atomic E-state index is 11.9. The Labute approximate surface area is 150 Å². The van der Waals surface area contributed by atoms with Crippen LogP contribution in [0.5, 0.6) is 0 Å². The number of esters is 1. The summed E-state index contributed by atoms with van der Waals surface area (Å²) >= 11 is 0. The zero-order valence-corrected chi connectivity index (χ0v) is 14.3. The normalized spacial score (nSPS) is 10.7. The molecular formula is C19H18N2O5. The van der Waals surface area contributed by atoms with Gasteiger partial charge in [-0.2, -0.15) is 0 Å². The second-order valence-electron chi connectivity index (χ2n) is 5.71. The van der Waals surface area contributed by atoms with E-state index >= 15 is 0 Å². The summed E-state index contributed by atoms with van der Waals surface area (Å²) in [6.45, 7) is 3.53. The van der Waals surface area contributed by atoms with Gasteiger partial charge in [0.2, 0.25) is 5.91 Å². The van der Waals surface area contributed by atoms with Crippen LogP contribution in [0.4, 0.5) is 11.4 Å². The Hall–Kier alpha value is -3.48. The van der Waals surface area contributed by atoms with Gasteiger partial charge in [-0.25, -0.2) is 4.79 Å². The van der Waals surface area contributed by atoms with Crippen LogP contribution in [-0.2, 0) is 9.53 Å². The number of amides is 1. The Bertz CT molecular complexity index is 841. The van der Waals surface area contributed by atoms with Crippen LogP contribution in [0.15, 0.2) is 54.6 Å². The Morgan fingerprint density at radius 1 is 1.15 bits per heavy atom. The number of nitro benzene ring substituents is 1. The van der Waals surface area contributed by atoms with Gasteiger partial charge in [-0.3, -0.25) is 14.9 Å². The number of carbonyl (C=O) groups excluding carboxylic acids is 2. The van der Waals surface area contributed by atoms with Crippen molar-refractivity contribution in [2.45, 2.75) is 20.0 Å². The van der Waals surface area contributed by atoms with Gasteiger partial charge in [-0.15, -0.1) is 0 Å². The predicted molar refractivity (Wildman–Crippen MR) is 97.8 cm³/mol. The quantitative estimate of drug-likeness (QED) is 0.368. The smallest absolute Gasteiger partial charge is 0.338 e. The largest absolute Gasteiger partial charge is 0.459 e. The van der Waals surface area contributed by atoms with Crippen molar-refractivity contribution in [3.05, 3.63) is 75.8 Å². The molecule has 0 bridgehead atoms. The molecule has 0 aromatic heterocycles. The van der Waals surface area contributed by atoms with Crippen LogP contribution in [0.1, 0.15) is 29.8 Å². The third-order valence-corrected chi connectivity index (χ3v) is 3.24. The Morgan fingerprint density at radius 2 is 1.85 bits per heavy atom. The number of hydrogen-bond donors (Lipinski definition) is 1. The van der Waals surface area contributed by atoms with E-state index in [0.29, 0.717) is 16.8 Å². The monoisotopic (exact) mass is 354 g/mol. The highest BCUT2D eigenvalue weighted by Gasteiger charge is 2.09. The average molecular weight is 354 g/mol. The highest BCUT2D eigenvalue weighted by atomic mass is 16.6. The van der Waals surface area contributed by atoms with Crippen molar-refractivity contribution in [1.82, 2.24) is 0 Å². The van der Waals surface area contributed by atoms with Gasteiger partial charge in [-0.05, 0) is 49.8 Å². The molecule has 0 heterocycles. The van der Waals surface area contributed by atoms with Gasteiger partial charge < -0.3 is 10.1 Å². The van der Waals surface area contributed by atoms with E-state index in [2.05, 4.69) is 5.32 Å². The Kier molecular flexibility index (Phi) is 6.21. The molecule has 0 radical (unpaired) electrons. The zero-order valence-electron chi connectivity index (χ0n) is 14.3. The molecule has 0 saturated heterocycles. The number of anilines is 1. The average Bonchev–Trinajstić information content (AvgIpc) is 2.60. The third-order valence-electron chi connectivity index (χ3n) is 3.24. The lowest BCUT2D eigenvalue weighted by atomic mass is 10.2. The number of rotatable bonds is 6. The molecule has 0 aliphatic carbocycles. The summed E-state index contributed by atoms with van der Waals surface area (Å²) in [6, 6.07) is 12.3. The highest BCUT2D eigenvalue weighted by Crippen LogP contribution is 2.15. The first-order valence-electron chi connectivity index (χ1n) is 7.89. The molecule has 2 aromatic carbocycles. The first-order valence-corrected chi connectivity index (χ1v) is 7.89. The molecule has 0 spiro atoms. The minimum absolute atomic E-state index is 0.0450. The summed E-state index contributed by atoms with van der Waals surface area (Å²) in [5, 5.41) is 13.4. The van der Waals surface area contributed by atoms with Crippen LogP contribution in [-0.4, -0.2) is 22.9 Å². The Balaban J connectivity index is 1.98. The van der Waals surface area contributed by atoms with Crippen molar-refractivity contribution in [2.75, 3.05) is 5.32 Å². The Morgan fingerprint density at radius 3 is 2.46 bits per heavy atom. The number of non-ortho nitro benzene ring substituents is 1. The molecule has 7 heteroatoms. The number of hydrogen-bond acceptors (Lipinski definition) is 5. The molecule has 1 N–H and O–H groups in total. The van der Waals surface area contributed by atoms with E-state index in [-0.39, 0.29) is 11.8 Å². The number of benzene rings is 2. The number of nitrogens with zero attached hydrogens (tertiary/aromatic N) is 1. The number of carbonyl (C=O) groups is 2. The van der Waals surface area contributed by atoms with Crippen LogP contribution < -0.4 is 5.32 Å². The molecule has 0 aliphatic rings. The molecule has 0 saturated carbocycles. The molecule has 2 rings (SSSR count). The summed E-state index contributed by atoms with van der Waals surface area (Å²) < 4.78 is 5.09. The lowest BCUT2D eigenvalue weighted by molar-refractivity contribution is -0.384. The fraction of sp³-hybridized carbons (Fsp3) is 0.158. The van der Waals surface area contributed by atoms with E-state index in [0.717, 1.165) is 0 Å². The van der Waals surface area contributed by atoms with Crippen molar-refractivity contribution in [2.24, 2.45) is 0 Å². The van der Waals surface area contributed by atoms with E-state index in [4.69, 9.17) is 4.74 Å². The standard InChI is InChI=1S/C19H18N2O5/c1-13(2)26-19(23)15-7-9-16(10-8-15)20-18(22)11-6-14-4-3-5-17(12-14)21(24)25/h3-13H,1-2H3,(H,20,22)/b11-6+. The van der Waals surface area contributed by atoms with Crippen molar-refractivity contribution < 1.29 is 19.2 Å². The van der Waals surface area contributed by atoms with Crippen LogP contribution in [0.2, 0.25) is 0 Å². The van der Waals surface area contributed by atoms with E-state index in [1.165, 1.54) is 24.3 Å². The van der Waals surface area contributed by atoms with E-state index in [9.17, 15) is 19.7 Å². The molecule has 0 atom stereocenters. The summed E-state index contributed by atoms with van der Waals surface area (Å²) in [7, 11) is 0. The van der Waals surface area contributed by atoms with Gasteiger partial charge in [0.1, 0.15) is 0 Å². The predicted octanol–water partition coefficient (Wildman–Crippen LogP) is 3.81. The van der Waals surface area contributed by atoms with E-state index < -0.39 is 16.8 Å². The van der Waals surface area contributed by atoms with Gasteiger partial charge in [0.05, 0.1) is 16.6 Å². The van der Waals surface area contributed by atoms with Gasteiger partial charge in [-0.1, -0.05) is 12.1 Å². The maximum Gasteiger partial charge on any atom is 0.338 e. The number of nitrogens with one attached hydrogen (secondary N) is 1. The summed E-state index contributed by atoms with van der Waals surface area (Å²) in [5.74, 6) is -0.822. The van der Waals surface area contributed by atoms with Crippen LogP contribution in [0.25, 0.3) is 6.08 Å². The lowest BCUT2D eigenvalue weighted by Crippen LogP contribution is -2.12. The van der Waals surface area contributed by atoms with Crippen molar-refractivity contribution in [3.63, 3.8) is 0 Å². The second-order valence-corrected chi connectivity index (χ2v) is 5.71. The fourth-order valence-corrected chi connectivity index (χ4v) is 2.07.